The lowest BCUT2D eigenvalue weighted by Crippen LogP contribution is -2.34. The number of nitrogens with one attached hydrogen (secondary N) is 5. The standard InChI is InChI=1S/C69H77N12O27P3S4/c1-35(113-112-8)43-16-9-10-17-44(43)66(86)105-49-30-53(104-50(49)32-103-110(90,91)108-111(92,93)107-109(87,88)89)81-31-41(55-62(81)77-67(70)78-65(55)85)14-12-22-72-51(82)33-100-25-26-101-52(79-80-71)34-102-42-15-11-13-40(27-42)64(84)74-24-23-73-63(83)39-20-18-38(19-21-39)54-45-28-47-56(75-36(2)68(47,4)5)60(114(94,95)96)58(45)106-59-46(54)29-48-57(61(59)115(97,98)99)76-37(3)69(48,6)7/h9-11,13,15-21,27-29,31,35-37,49-50,52-53,75H,22-26,30,32-34H2,1-8H3,(H,72,82)(H,73,83)(H,74,84)(H,90,91)(H,92,93)(H2,87,88,89)(H,94,95,96)(H,97,98,99)(H3,70,77,78,85)/t35?,36?,37?,49?,50-,52?,53-/m1/s1. The third kappa shape index (κ3) is 19.8. The second-order valence-corrected chi connectivity index (χ2v) is 37.3. The zero-order valence-corrected chi connectivity index (χ0v) is 68.0. The Hall–Kier alpha value is -9.05. The molecular weight excluding hydrogens is 1650 g/mol. The van der Waals surface area contributed by atoms with Crippen LogP contribution in [0, 0.1) is 11.8 Å². The van der Waals surface area contributed by atoms with Gasteiger partial charge in [0.25, 0.3) is 37.6 Å². The highest BCUT2D eigenvalue weighted by Gasteiger charge is 2.48. The molecule has 0 spiro atoms. The molecule has 0 aliphatic carbocycles. The number of carbonyl (C=O) groups is 4. The van der Waals surface area contributed by atoms with Gasteiger partial charge < -0.3 is 79.6 Å². The van der Waals surface area contributed by atoms with Crippen LogP contribution in [0.5, 0.6) is 17.2 Å². The van der Waals surface area contributed by atoms with Gasteiger partial charge >= 0.3 is 29.4 Å². The van der Waals surface area contributed by atoms with Gasteiger partial charge in [-0.3, -0.25) is 42.8 Å². The first-order chi connectivity index (χ1) is 54.0. The Bertz CT molecular complexity index is 5770. The molecule has 46 heteroatoms. The highest BCUT2D eigenvalue weighted by atomic mass is 33.1. The molecule has 0 bridgehead atoms. The van der Waals surface area contributed by atoms with Gasteiger partial charge in [-0.1, -0.05) is 103 Å². The molecule has 614 valence electrons. The summed E-state index contributed by atoms with van der Waals surface area (Å²) in [5.41, 5.74) is 15.8. The van der Waals surface area contributed by atoms with Gasteiger partial charge in [-0.05, 0) is 103 Å². The number of benzene rings is 5. The summed E-state index contributed by atoms with van der Waals surface area (Å²) in [6, 6.07) is 21.2. The van der Waals surface area contributed by atoms with Crippen LogP contribution in [0.1, 0.15) is 131 Å². The summed E-state index contributed by atoms with van der Waals surface area (Å²) >= 11 is 0. The van der Waals surface area contributed by atoms with E-state index in [2.05, 4.69) is 66.7 Å². The Balaban J connectivity index is 0.666. The first kappa shape index (κ1) is 86.8. The molecule has 5 aromatic carbocycles. The van der Waals surface area contributed by atoms with Gasteiger partial charge in [0.2, 0.25) is 11.9 Å². The van der Waals surface area contributed by atoms with Crippen molar-refractivity contribution in [1.29, 1.82) is 0 Å². The third-order valence-electron chi connectivity index (χ3n) is 19.2. The minimum atomic E-state index is -5.94. The molecule has 0 radical (unpaired) electrons. The molecule has 1 fully saturated rings. The number of nitrogens with zero attached hydrogens (tertiary/aromatic N) is 6. The number of H-pyrrole nitrogens is 1. The van der Waals surface area contributed by atoms with E-state index in [1.807, 2.05) is 47.8 Å². The smallest absolute Gasteiger partial charge is 0.490 e. The monoisotopic (exact) mass is 1730 g/mol. The number of azide groups is 1. The van der Waals surface area contributed by atoms with Crippen LogP contribution in [0.25, 0.3) is 27.0 Å². The van der Waals surface area contributed by atoms with Crippen LogP contribution in [0.15, 0.2) is 116 Å². The second-order valence-electron chi connectivity index (χ2n) is 27.4. The second kappa shape index (κ2) is 34.6. The number of phosphoric ester groups is 1. The summed E-state index contributed by atoms with van der Waals surface area (Å²) in [5.74, 6) is 1.90. The number of hydrogen-bond acceptors (Lipinski definition) is 28. The largest absolute Gasteiger partial charge is 0.491 e. The molecule has 115 heavy (non-hydrogen) atoms. The van der Waals surface area contributed by atoms with Crippen LogP contribution in [-0.2, 0) is 81.6 Å². The quantitative estimate of drug-likeness (QED) is 0.00236. The van der Waals surface area contributed by atoms with Crippen LogP contribution in [0.2, 0.25) is 0 Å². The Labute approximate surface area is 663 Å². The van der Waals surface area contributed by atoms with Crippen molar-refractivity contribution in [1.82, 2.24) is 30.5 Å². The van der Waals surface area contributed by atoms with Crippen molar-refractivity contribution in [2.45, 2.75) is 118 Å². The average molecular weight is 1730 g/mol. The fraction of sp³-hybridized carbons (Fsp3) is 0.377. The van der Waals surface area contributed by atoms with Gasteiger partial charge in [0.1, 0.15) is 37.4 Å². The van der Waals surface area contributed by atoms with E-state index in [-0.39, 0.29) is 130 Å². The lowest BCUT2D eigenvalue weighted by Gasteiger charge is -2.29. The van der Waals surface area contributed by atoms with Crippen molar-refractivity contribution in [3.8, 4) is 29.1 Å². The number of anilines is 2. The number of phosphoric acid groups is 3. The number of aromatic nitrogens is 3. The number of nitrogens with two attached hydrogens (primary N) is 1. The maximum absolute atomic E-state index is 13.9. The van der Waals surface area contributed by atoms with Gasteiger partial charge in [-0.15, -0.1) is 0 Å². The van der Waals surface area contributed by atoms with Crippen LogP contribution in [0.4, 0.5) is 11.6 Å². The molecule has 9 atom stereocenters. The minimum Gasteiger partial charge on any atom is -0.491 e. The Morgan fingerprint density at radius 3 is 2.24 bits per heavy atom. The number of nitrogen functional groups attached to an aromatic ring is 1. The van der Waals surface area contributed by atoms with E-state index in [0.29, 0.717) is 22.3 Å². The summed E-state index contributed by atoms with van der Waals surface area (Å²) in [7, 11) is -24.7. The van der Waals surface area contributed by atoms with Crippen molar-refractivity contribution in [2.75, 3.05) is 70.0 Å². The predicted octanol–water partition coefficient (Wildman–Crippen LogP) is 6.85. The molecule has 13 N–H and O–H groups in total. The van der Waals surface area contributed by atoms with E-state index >= 15 is 0 Å². The summed E-state index contributed by atoms with van der Waals surface area (Å²) < 4.78 is 161. The van der Waals surface area contributed by atoms with Gasteiger partial charge in [0, 0.05) is 80.2 Å². The van der Waals surface area contributed by atoms with Crippen molar-refractivity contribution >= 4 is 117 Å². The molecule has 3 amide bonds. The van der Waals surface area contributed by atoms with E-state index in [1.54, 1.807) is 49.4 Å². The summed E-state index contributed by atoms with van der Waals surface area (Å²) in [4.78, 5) is 118. The zero-order valence-electron chi connectivity index (χ0n) is 62.1. The van der Waals surface area contributed by atoms with E-state index in [9.17, 15) is 78.9 Å². The average Bonchev–Trinajstić information content (AvgIpc) is 1.63. The third-order valence-corrected chi connectivity index (χ3v) is 27.0. The van der Waals surface area contributed by atoms with E-state index < -0.39 is 149 Å². The minimum absolute atomic E-state index is 0.0243. The molecule has 7 unspecified atom stereocenters. The topological polar surface area (TPSA) is 578 Å². The van der Waals surface area contributed by atoms with Gasteiger partial charge in [0.05, 0.1) is 60.0 Å². The molecule has 1 saturated heterocycles. The lowest BCUT2D eigenvalue weighted by atomic mass is 9.78. The molecule has 4 aliphatic heterocycles. The molecule has 7 aromatic rings. The number of fused-ring (bicyclic) bond motifs is 5. The Kier molecular flexibility index (Phi) is 26.1. The zero-order chi connectivity index (χ0) is 83.7. The van der Waals surface area contributed by atoms with E-state index in [4.69, 9.17) is 48.5 Å². The molecule has 11 rings (SSSR count). The van der Waals surface area contributed by atoms with Crippen LogP contribution < -0.4 is 52.6 Å². The fourth-order valence-electron chi connectivity index (χ4n) is 13.1. The normalized spacial score (nSPS) is 19.3. The van der Waals surface area contributed by atoms with Crippen molar-refractivity contribution in [2.24, 2.45) is 10.1 Å². The summed E-state index contributed by atoms with van der Waals surface area (Å²) in [5, 5.41) is 14.5. The van der Waals surface area contributed by atoms with Gasteiger partial charge in [-0.25, -0.2) is 18.5 Å². The number of aromatic amines is 1. The van der Waals surface area contributed by atoms with Crippen molar-refractivity contribution < 1.29 is 120 Å². The Morgan fingerprint density at radius 2 is 1.57 bits per heavy atom. The van der Waals surface area contributed by atoms with Crippen molar-refractivity contribution in [3.05, 3.63) is 173 Å². The summed E-state index contributed by atoms with van der Waals surface area (Å²) in [6.07, 6.45) is -2.46. The van der Waals surface area contributed by atoms with Crippen molar-refractivity contribution in [3.63, 3.8) is 0 Å². The van der Waals surface area contributed by atoms with Crippen LogP contribution in [-0.4, -0.2) is 173 Å². The lowest BCUT2D eigenvalue weighted by molar-refractivity contribution is -0.126. The molecule has 4 aliphatic rings. The van der Waals surface area contributed by atoms with E-state index in [1.165, 1.54) is 74.8 Å². The van der Waals surface area contributed by atoms with Crippen LogP contribution in [0.3, 0.4) is 0 Å². The molecule has 39 nitrogen and oxygen atoms in total. The van der Waals surface area contributed by atoms with Gasteiger partial charge in [-0.2, -0.15) is 30.4 Å². The number of rotatable bonds is 32. The molecule has 6 heterocycles. The summed E-state index contributed by atoms with van der Waals surface area (Å²) in [6.45, 7) is 10.3. The maximum Gasteiger partial charge on any atom is 0.490 e. The van der Waals surface area contributed by atoms with Crippen LogP contribution >= 0.6 is 45.1 Å². The Morgan fingerprint density at radius 1 is 0.870 bits per heavy atom. The maximum atomic E-state index is 13.9. The highest BCUT2D eigenvalue weighted by molar-refractivity contribution is 8.76. The molecule has 2 aromatic heterocycles. The number of carbonyl (C=O) groups excluding carboxylic acids is 4. The van der Waals surface area contributed by atoms with E-state index in [0.717, 1.165) is 0 Å². The first-order valence-electron chi connectivity index (χ1n) is 34.6. The molecular formula is C69H77N12O27P3S4. The number of esters is 1. The number of ether oxygens (including phenoxy) is 6. The fourth-order valence-corrected chi connectivity index (χ4v) is 19.5. The number of amides is 3. The number of hydrogen-bond donors (Lipinski definition) is 12. The predicted molar refractivity (Wildman–Crippen MR) is 414 cm³/mol. The molecule has 0 saturated carbocycles. The van der Waals surface area contributed by atoms with Gasteiger partial charge in [0.15, 0.2) is 33.2 Å². The highest BCUT2D eigenvalue weighted by Crippen LogP contribution is 2.66. The first-order valence-corrected chi connectivity index (χ1v) is 44.7. The SMILES string of the molecule is CSSC(C)c1ccccc1C(=O)OC1C[C@H](n2cc(C#CCNC(=O)COCCOC(COc3cccc(C(=O)NCCNC(=O)c4ccc(C5=c6cc7c(c(S(=O)(=O)O)c6Oc6c5cc5c(c6S(=O)(=O)O)NC(C)C5(C)C)=NC(C)C7(C)C)cc4)c3)N=[N+]=[N-])c3c(=O)[nH]c(N)nc32)O[C@@H]1COP(=O)(O)OP(=O)(O)OP(=O)(O)O.